The van der Waals surface area contributed by atoms with Crippen LogP contribution in [0.1, 0.15) is 31.2 Å². The van der Waals surface area contributed by atoms with Gasteiger partial charge in [-0.2, -0.15) is 0 Å². The summed E-state index contributed by atoms with van der Waals surface area (Å²) in [6, 6.07) is 2.13. The first-order valence-corrected chi connectivity index (χ1v) is 8.23. The lowest BCUT2D eigenvalue weighted by molar-refractivity contribution is 0.492. The van der Waals surface area contributed by atoms with Crippen molar-refractivity contribution in [2.24, 2.45) is 0 Å². The maximum Gasteiger partial charge on any atom is 0.194 e. The molecule has 2 aromatic rings. The minimum atomic E-state index is 0.829. The molecule has 3 nitrogen and oxygen atoms in total. The Bertz CT molecular complexity index is 502. The molecule has 0 aliphatic carbocycles. The van der Waals surface area contributed by atoms with Gasteiger partial charge in [-0.1, -0.05) is 6.92 Å². The summed E-state index contributed by atoms with van der Waals surface area (Å²) in [4.78, 5) is 5.48. The zero-order valence-electron chi connectivity index (χ0n) is 11.3. The van der Waals surface area contributed by atoms with Crippen LogP contribution < -0.4 is 5.32 Å². The Balaban J connectivity index is 1.88. The van der Waals surface area contributed by atoms with Crippen molar-refractivity contribution < 1.29 is 4.42 Å². The van der Waals surface area contributed by atoms with Gasteiger partial charge in [0, 0.05) is 6.42 Å². The number of rotatable bonds is 7. The third-order valence-electron chi connectivity index (χ3n) is 2.82. The van der Waals surface area contributed by atoms with Gasteiger partial charge in [0.05, 0.1) is 14.9 Å². The van der Waals surface area contributed by atoms with E-state index in [0.29, 0.717) is 0 Å². The van der Waals surface area contributed by atoms with Crippen LogP contribution in [-0.4, -0.2) is 18.1 Å². The smallest absolute Gasteiger partial charge is 0.194 e. The first-order chi connectivity index (χ1) is 9.20. The van der Waals surface area contributed by atoms with E-state index < -0.39 is 0 Å². The van der Waals surface area contributed by atoms with E-state index in [9.17, 15) is 0 Å². The molecule has 0 saturated heterocycles. The Morgan fingerprint density at radius 2 is 2.26 bits per heavy atom. The van der Waals surface area contributed by atoms with E-state index in [1.165, 1.54) is 12.0 Å². The van der Waals surface area contributed by atoms with Gasteiger partial charge < -0.3 is 9.73 Å². The molecule has 19 heavy (non-hydrogen) atoms. The van der Waals surface area contributed by atoms with Gasteiger partial charge in [-0.25, -0.2) is 4.98 Å². The number of halogens is 1. The van der Waals surface area contributed by atoms with Gasteiger partial charge in [-0.3, -0.25) is 0 Å². The fourth-order valence-corrected chi connectivity index (χ4v) is 3.27. The largest absolute Gasteiger partial charge is 0.440 e. The van der Waals surface area contributed by atoms with Crippen molar-refractivity contribution in [3.8, 4) is 10.6 Å². The predicted molar refractivity (Wildman–Crippen MR) is 83.7 cm³/mol. The minimum Gasteiger partial charge on any atom is -0.440 e. The molecule has 0 atom stereocenters. The average Bonchev–Trinajstić information content (AvgIpc) is 2.97. The molecular weight excluding hydrogens is 324 g/mol. The number of aromatic nitrogens is 1. The summed E-state index contributed by atoms with van der Waals surface area (Å²) in [5.41, 5.74) is 1.24. The molecule has 104 valence electrons. The first-order valence-electron chi connectivity index (χ1n) is 6.62. The summed E-state index contributed by atoms with van der Waals surface area (Å²) in [7, 11) is 0. The number of thiophene rings is 1. The van der Waals surface area contributed by atoms with Crippen molar-refractivity contribution in [1.82, 2.24) is 10.3 Å². The highest BCUT2D eigenvalue weighted by atomic mass is 79.9. The lowest BCUT2D eigenvalue weighted by atomic mass is 10.3. The van der Waals surface area contributed by atoms with Crippen LogP contribution in [0.4, 0.5) is 0 Å². The van der Waals surface area contributed by atoms with Crippen LogP contribution in [0, 0.1) is 6.92 Å². The zero-order valence-corrected chi connectivity index (χ0v) is 13.7. The molecule has 2 aromatic heterocycles. The summed E-state index contributed by atoms with van der Waals surface area (Å²) >= 11 is 5.22. The van der Waals surface area contributed by atoms with Crippen molar-refractivity contribution in [2.75, 3.05) is 13.1 Å². The minimum absolute atomic E-state index is 0.829. The van der Waals surface area contributed by atoms with E-state index in [1.54, 1.807) is 11.3 Å². The second-order valence-electron chi connectivity index (χ2n) is 4.54. The zero-order chi connectivity index (χ0) is 13.7. The highest BCUT2D eigenvalue weighted by molar-refractivity contribution is 9.11. The summed E-state index contributed by atoms with van der Waals surface area (Å²) in [5.74, 6) is 1.70. The molecule has 0 unspecified atom stereocenters. The molecule has 0 aliphatic heterocycles. The van der Waals surface area contributed by atoms with Crippen LogP contribution in [0.15, 0.2) is 20.5 Å². The molecule has 5 heteroatoms. The molecule has 0 amide bonds. The molecular formula is C14H19BrN2OS. The number of aryl methyl sites for hydroxylation is 2. The predicted octanol–water partition coefficient (Wildman–Crippen LogP) is 4.41. The van der Waals surface area contributed by atoms with Crippen LogP contribution >= 0.6 is 27.3 Å². The van der Waals surface area contributed by atoms with E-state index in [4.69, 9.17) is 4.42 Å². The summed E-state index contributed by atoms with van der Waals surface area (Å²) < 4.78 is 6.95. The van der Waals surface area contributed by atoms with Gasteiger partial charge in [0.1, 0.15) is 0 Å². The van der Waals surface area contributed by atoms with Gasteiger partial charge in [0.15, 0.2) is 11.7 Å². The van der Waals surface area contributed by atoms with Crippen molar-refractivity contribution in [1.29, 1.82) is 0 Å². The van der Waals surface area contributed by atoms with Crippen LogP contribution in [0.3, 0.4) is 0 Å². The van der Waals surface area contributed by atoms with Crippen molar-refractivity contribution in [3.05, 3.63) is 27.5 Å². The second kappa shape index (κ2) is 7.22. The summed E-state index contributed by atoms with van der Waals surface area (Å²) in [6.07, 6.45) is 4.96. The normalized spacial score (nSPS) is 11.1. The topological polar surface area (TPSA) is 38.1 Å². The molecule has 0 saturated carbocycles. The van der Waals surface area contributed by atoms with E-state index in [1.807, 2.05) is 6.20 Å². The standard InChI is InChI=1S/C14H19BrN2OS/c1-3-6-16-7-4-5-13-17-9-11(18-13)12-8-10(2)14(15)19-12/h8-9,16H,3-7H2,1-2H3. The van der Waals surface area contributed by atoms with E-state index in [2.05, 4.69) is 46.1 Å². The van der Waals surface area contributed by atoms with Crippen LogP contribution in [0.25, 0.3) is 10.6 Å². The lowest BCUT2D eigenvalue weighted by Crippen LogP contribution is -2.16. The molecule has 1 N–H and O–H groups in total. The third kappa shape index (κ3) is 4.16. The maximum atomic E-state index is 5.80. The van der Waals surface area contributed by atoms with Crippen LogP contribution in [0.2, 0.25) is 0 Å². The summed E-state index contributed by atoms with van der Waals surface area (Å²) in [5, 5.41) is 3.38. The molecule has 0 spiro atoms. The van der Waals surface area contributed by atoms with Gasteiger partial charge in [0.25, 0.3) is 0 Å². The Hall–Kier alpha value is -0.650. The fraction of sp³-hybridized carbons (Fsp3) is 0.500. The molecule has 0 radical (unpaired) electrons. The number of nitrogens with zero attached hydrogens (tertiary/aromatic N) is 1. The van der Waals surface area contributed by atoms with Crippen molar-refractivity contribution >= 4 is 27.3 Å². The first kappa shape index (κ1) is 14.8. The number of hydrogen-bond donors (Lipinski definition) is 1. The Morgan fingerprint density at radius 1 is 1.42 bits per heavy atom. The Labute approximate surface area is 126 Å². The van der Waals surface area contributed by atoms with E-state index >= 15 is 0 Å². The van der Waals surface area contributed by atoms with Crippen LogP contribution in [0.5, 0.6) is 0 Å². The summed E-state index contributed by atoms with van der Waals surface area (Å²) in [6.45, 7) is 6.36. The quantitative estimate of drug-likeness (QED) is 0.757. The maximum absolute atomic E-state index is 5.80. The Morgan fingerprint density at radius 3 is 2.95 bits per heavy atom. The monoisotopic (exact) mass is 342 g/mol. The van der Waals surface area contributed by atoms with E-state index in [0.717, 1.165) is 46.2 Å². The van der Waals surface area contributed by atoms with Crippen molar-refractivity contribution in [3.63, 3.8) is 0 Å². The number of oxazole rings is 1. The molecule has 0 fully saturated rings. The van der Waals surface area contributed by atoms with Gasteiger partial charge >= 0.3 is 0 Å². The van der Waals surface area contributed by atoms with Gasteiger partial charge in [-0.05, 0) is 60.4 Å². The van der Waals surface area contributed by atoms with Crippen LogP contribution in [-0.2, 0) is 6.42 Å². The molecule has 2 heterocycles. The Kier molecular flexibility index (Phi) is 5.60. The number of nitrogens with one attached hydrogen (secondary N) is 1. The number of hydrogen-bond acceptors (Lipinski definition) is 4. The highest BCUT2D eigenvalue weighted by Crippen LogP contribution is 2.34. The molecule has 0 bridgehead atoms. The highest BCUT2D eigenvalue weighted by Gasteiger charge is 2.10. The van der Waals surface area contributed by atoms with E-state index in [-0.39, 0.29) is 0 Å². The SMILES string of the molecule is CCCNCCCc1ncc(-c2cc(C)c(Br)s2)o1. The van der Waals surface area contributed by atoms with Gasteiger partial charge in [-0.15, -0.1) is 11.3 Å². The molecule has 2 rings (SSSR count). The van der Waals surface area contributed by atoms with Crippen molar-refractivity contribution in [2.45, 2.75) is 33.1 Å². The van der Waals surface area contributed by atoms with Gasteiger partial charge in [0.2, 0.25) is 0 Å². The third-order valence-corrected chi connectivity index (χ3v) is 4.98. The molecule has 0 aromatic carbocycles. The lowest BCUT2D eigenvalue weighted by Gasteiger charge is -2.00. The second-order valence-corrected chi connectivity index (χ2v) is 6.91. The average molecular weight is 343 g/mol. The fourth-order valence-electron chi connectivity index (χ4n) is 1.79. The molecule has 0 aliphatic rings.